The van der Waals surface area contributed by atoms with Gasteiger partial charge in [0.15, 0.2) is 0 Å². The van der Waals surface area contributed by atoms with Crippen molar-refractivity contribution in [3.63, 3.8) is 0 Å². The van der Waals surface area contributed by atoms with Gasteiger partial charge in [0.05, 0.1) is 5.56 Å². The molecular formula is C18H21ClN2O2. The number of nitrogens with one attached hydrogen (secondary N) is 1. The minimum Gasteiger partial charge on any atom is -0.478 e. The Hall–Kier alpha value is -2.04. The molecule has 0 heterocycles. The van der Waals surface area contributed by atoms with Crippen molar-refractivity contribution < 1.29 is 9.90 Å². The third kappa shape index (κ3) is 4.98. The fourth-order valence-electron chi connectivity index (χ4n) is 2.40. The van der Waals surface area contributed by atoms with E-state index in [4.69, 9.17) is 16.7 Å². The van der Waals surface area contributed by atoms with E-state index in [-0.39, 0.29) is 0 Å². The predicted octanol–water partition coefficient (Wildman–Crippen LogP) is 3.44. The Kier molecular flexibility index (Phi) is 6.02. The van der Waals surface area contributed by atoms with E-state index in [1.54, 1.807) is 12.1 Å². The molecule has 0 aliphatic carbocycles. The highest BCUT2D eigenvalue weighted by atomic mass is 35.5. The van der Waals surface area contributed by atoms with Gasteiger partial charge in [0.1, 0.15) is 0 Å². The number of rotatable bonds is 7. The van der Waals surface area contributed by atoms with Crippen LogP contribution < -0.4 is 10.2 Å². The molecule has 0 saturated heterocycles. The molecule has 0 amide bonds. The summed E-state index contributed by atoms with van der Waals surface area (Å²) >= 11 is 6.08. The molecule has 0 unspecified atom stereocenters. The average molecular weight is 333 g/mol. The van der Waals surface area contributed by atoms with Crippen LogP contribution in [0.25, 0.3) is 0 Å². The molecule has 122 valence electrons. The van der Waals surface area contributed by atoms with Crippen molar-refractivity contribution in [2.45, 2.75) is 13.0 Å². The van der Waals surface area contributed by atoms with Crippen molar-refractivity contribution >= 4 is 23.3 Å². The van der Waals surface area contributed by atoms with Crippen LogP contribution in [0.3, 0.4) is 0 Å². The van der Waals surface area contributed by atoms with Gasteiger partial charge >= 0.3 is 5.97 Å². The summed E-state index contributed by atoms with van der Waals surface area (Å²) in [5.41, 5.74) is 3.73. The van der Waals surface area contributed by atoms with E-state index in [0.29, 0.717) is 5.56 Å². The number of halogens is 1. The highest BCUT2D eigenvalue weighted by Gasteiger charge is 2.05. The maximum atomic E-state index is 10.8. The van der Waals surface area contributed by atoms with Gasteiger partial charge in [0.25, 0.3) is 0 Å². The first-order valence-electron chi connectivity index (χ1n) is 7.46. The monoisotopic (exact) mass is 332 g/mol. The van der Waals surface area contributed by atoms with Crippen molar-refractivity contribution in [1.29, 1.82) is 0 Å². The van der Waals surface area contributed by atoms with E-state index in [2.05, 4.69) is 10.2 Å². The molecule has 23 heavy (non-hydrogen) atoms. The van der Waals surface area contributed by atoms with Gasteiger partial charge in [-0.05, 0) is 54.4 Å². The molecule has 0 saturated carbocycles. The van der Waals surface area contributed by atoms with Crippen molar-refractivity contribution in [1.82, 2.24) is 5.32 Å². The number of hydrogen-bond acceptors (Lipinski definition) is 3. The first-order chi connectivity index (χ1) is 11.0. The van der Waals surface area contributed by atoms with Crippen LogP contribution in [-0.2, 0) is 13.0 Å². The summed E-state index contributed by atoms with van der Waals surface area (Å²) in [5, 5.41) is 13.0. The second kappa shape index (κ2) is 7.99. The summed E-state index contributed by atoms with van der Waals surface area (Å²) in [4.78, 5) is 12.9. The van der Waals surface area contributed by atoms with Crippen molar-refractivity contribution in [3.05, 3.63) is 64.2 Å². The maximum absolute atomic E-state index is 10.8. The number of aromatic carboxylic acids is 1. The van der Waals surface area contributed by atoms with E-state index in [9.17, 15) is 4.79 Å². The van der Waals surface area contributed by atoms with E-state index in [1.165, 1.54) is 0 Å². The lowest BCUT2D eigenvalue weighted by Gasteiger charge is -2.18. The van der Waals surface area contributed by atoms with Crippen LogP contribution in [-0.4, -0.2) is 31.7 Å². The second-order valence-corrected chi connectivity index (χ2v) is 6.03. The summed E-state index contributed by atoms with van der Waals surface area (Å²) in [6.07, 6.45) is 0.845. The number of carboxylic acids is 1. The first kappa shape index (κ1) is 17.3. The summed E-state index contributed by atoms with van der Waals surface area (Å²) in [6, 6.07) is 12.9. The van der Waals surface area contributed by atoms with Gasteiger partial charge in [0, 0.05) is 31.4 Å². The number of nitrogens with zero attached hydrogens (tertiary/aromatic N) is 1. The zero-order chi connectivity index (χ0) is 16.8. The van der Waals surface area contributed by atoms with Crippen LogP contribution in [0.1, 0.15) is 21.5 Å². The van der Waals surface area contributed by atoms with Gasteiger partial charge in [-0.25, -0.2) is 4.79 Å². The Labute approximate surface area is 141 Å². The number of hydrogen-bond donors (Lipinski definition) is 2. The normalized spacial score (nSPS) is 10.6. The third-order valence-electron chi connectivity index (χ3n) is 3.63. The Morgan fingerprint density at radius 2 is 1.87 bits per heavy atom. The summed E-state index contributed by atoms with van der Waals surface area (Å²) < 4.78 is 0. The summed E-state index contributed by atoms with van der Waals surface area (Å²) in [6.45, 7) is 1.55. The Morgan fingerprint density at radius 1 is 1.17 bits per heavy atom. The van der Waals surface area contributed by atoms with Crippen LogP contribution in [0.4, 0.5) is 5.69 Å². The molecule has 0 aromatic heterocycles. The van der Waals surface area contributed by atoms with Crippen LogP contribution in [0.2, 0.25) is 5.02 Å². The average Bonchev–Trinajstić information content (AvgIpc) is 2.51. The SMILES string of the molecule is CN(C)c1ccc(Cl)cc1CNCCc1ccc(C(=O)O)cc1. The smallest absolute Gasteiger partial charge is 0.335 e. The zero-order valence-corrected chi connectivity index (χ0v) is 14.1. The zero-order valence-electron chi connectivity index (χ0n) is 13.3. The minimum atomic E-state index is -0.896. The van der Waals surface area contributed by atoms with Crippen molar-refractivity contribution in [2.75, 3.05) is 25.5 Å². The second-order valence-electron chi connectivity index (χ2n) is 5.60. The van der Waals surface area contributed by atoms with Gasteiger partial charge in [-0.2, -0.15) is 0 Å². The molecular weight excluding hydrogens is 312 g/mol. The fraction of sp³-hybridized carbons (Fsp3) is 0.278. The molecule has 0 spiro atoms. The summed E-state index contributed by atoms with van der Waals surface area (Å²) in [5.74, 6) is -0.896. The highest BCUT2D eigenvalue weighted by molar-refractivity contribution is 6.30. The van der Waals surface area contributed by atoms with Gasteiger partial charge in [-0.1, -0.05) is 23.7 Å². The number of anilines is 1. The number of carbonyl (C=O) groups is 1. The van der Waals surface area contributed by atoms with Crippen LogP contribution in [0, 0.1) is 0 Å². The molecule has 0 aliphatic rings. The van der Waals surface area contributed by atoms with E-state index >= 15 is 0 Å². The lowest BCUT2D eigenvalue weighted by Crippen LogP contribution is -2.19. The molecule has 2 aromatic carbocycles. The molecule has 2 aromatic rings. The first-order valence-corrected chi connectivity index (χ1v) is 7.84. The number of benzene rings is 2. The lowest BCUT2D eigenvalue weighted by atomic mass is 10.1. The van der Waals surface area contributed by atoms with E-state index in [0.717, 1.165) is 41.3 Å². The van der Waals surface area contributed by atoms with Gasteiger partial charge in [-0.3, -0.25) is 0 Å². The largest absolute Gasteiger partial charge is 0.478 e. The van der Waals surface area contributed by atoms with Crippen LogP contribution in [0.15, 0.2) is 42.5 Å². The molecule has 4 nitrogen and oxygen atoms in total. The van der Waals surface area contributed by atoms with E-state index < -0.39 is 5.97 Å². The minimum absolute atomic E-state index is 0.316. The fourth-order valence-corrected chi connectivity index (χ4v) is 2.60. The standard InChI is InChI=1S/C18H21ClN2O2/c1-21(2)17-8-7-16(19)11-15(17)12-20-10-9-13-3-5-14(6-4-13)18(22)23/h3-8,11,20H,9-10,12H2,1-2H3,(H,22,23). The topological polar surface area (TPSA) is 52.6 Å². The Balaban J connectivity index is 1.88. The van der Waals surface area contributed by atoms with Crippen LogP contribution in [0.5, 0.6) is 0 Å². The molecule has 0 bridgehead atoms. The predicted molar refractivity (Wildman–Crippen MR) is 94.6 cm³/mol. The van der Waals surface area contributed by atoms with E-state index in [1.807, 2.05) is 44.4 Å². The Morgan fingerprint density at radius 3 is 2.48 bits per heavy atom. The van der Waals surface area contributed by atoms with Crippen molar-refractivity contribution in [3.8, 4) is 0 Å². The Bertz CT molecular complexity index is 669. The van der Waals surface area contributed by atoms with Crippen LogP contribution >= 0.6 is 11.6 Å². The molecule has 0 atom stereocenters. The molecule has 5 heteroatoms. The molecule has 0 fully saturated rings. The lowest BCUT2D eigenvalue weighted by molar-refractivity contribution is 0.0697. The molecule has 0 aliphatic heterocycles. The maximum Gasteiger partial charge on any atom is 0.335 e. The van der Waals surface area contributed by atoms with Gasteiger partial charge < -0.3 is 15.3 Å². The third-order valence-corrected chi connectivity index (χ3v) is 3.87. The highest BCUT2D eigenvalue weighted by Crippen LogP contribution is 2.22. The summed E-state index contributed by atoms with van der Waals surface area (Å²) in [7, 11) is 4.02. The number of carboxylic acid groups (broad SMARTS) is 1. The van der Waals surface area contributed by atoms with Gasteiger partial charge in [-0.15, -0.1) is 0 Å². The molecule has 2 rings (SSSR count). The quantitative estimate of drug-likeness (QED) is 0.763. The molecule has 2 N–H and O–H groups in total. The van der Waals surface area contributed by atoms with Crippen molar-refractivity contribution in [2.24, 2.45) is 0 Å². The molecule has 0 radical (unpaired) electrons. The van der Waals surface area contributed by atoms with Gasteiger partial charge in [0.2, 0.25) is 0 Å².